The van der Waals surface area contributed by atoms with Gasteiger partial charge in [-0.15, -0.1) is 0 Å². The van der Waals surface area contributed by atoms with Crippen LogP contribution in [0, 0.1) is 0 Å². The molecule has 1 fully saturated rings. The molecule has 0 radical (unpaired) electrons. The fourth-order valence-electron chi connectivity index (χ4n) is 2.93. The Labute approximate surface area is 127 Å². The Morgan fingerprint density at radius 2 is 2.15 bits per heavy atom. The summed E-state index contributed by atoms with van der Waals surface area (Å²) in [6.45, 7) is 7.44. The van der Waals surface area contributed by atoms with Crippen molar-refractivity contribution in [3.8, 4) is 0 Å². The van der Waals surface area contributed by atoms with Gasteiger partial charge < -0.3 is 5.32 Å². The molecule has 1 heterocycles. The minimum Gasteiger partial charge on any atom is -0.307 e. The second-order valence-electron chi connectivity index (χ2n) is 5.70. The Morgan fingerprint density at radius 1 is 1.40 bits per heavy atom. The average molecular weight is 293 g/mol. The third-order valence-corrected chi connectivity index (χ3v) is 4.37. The molecule has 1 aliphatic rings. The largest absolute Gasteiger partial charge is 0.307 e. The maximum absolute atomic E-state index is 5.85. The van der Waals surface area contributed by atoms with Crippen LogP contribution < -0.4 is 5.32 Å². The molecule has 1 aliphatic heterocycles. The Kier molecular flexibility index (Phi) is 6.08. The van der Waals surface area contributed by atoms with Crippen molar-refractivity contribution in [2.75, 3.05) is 19.6 Å². The van der Waals surface area contributed by atoms with Gasteiger partial charge in [-0.2, -0.15) is 0 Å². The van der Waals surface area contributed by atoms with Gasteiger partial charge in [-0.1, -0.05) is 55.3 Å². The Hall–Kier alpha value is -0.830. The van der Waals surface area contributed by atoms with Crippen LogP contribution in [-0.4, -0.2) is 30.6 Å². The molecule has 2 atom stereocenters. The van der Waals surface area contributed by atoms with Gasteiger partial charge in [-0.05, 0) is 24.5 Å². The minimum absolute atomic E-state index is 0.424. The highest BCUT2D eigenvalue weighted by Crippen LogP contribution is 2.22. The molecule has 1 aromatic carbocycles. The summed E-state index contributed by atoms with van der Waals surface area (Å²) < 4.78 is 0. The van der Waals surface area contributed by atoms with Crippen molar-refractivity contribution in [3.05, 3.63) is 47.0 Å². The zero-order chi connectivity index (χ0) is 14.4. The number of halogens is 1. The number of piperazine rings is 1. The van der Waals surface area contributed by atoms with Crippen LogP contribution in [0.25, 0.3) is 0 Å². The number of hydrogen-bond acceptors (Lipinski definition) is 2. The highest BCUT2D eigenvalue weighted by Gasteiger charge is 2.27. The lowest BCUT2D eigenvalue weighted by Gasteiger charge is -2.41. The highest BCUT2D eigenvalue weighted by atomic mass is 35.5. The first-order valence-corrected chi connectivity index (χ1v) is 7.96. The first-order valence-electron chi connectivity index (χ1n) is 7.52. The maximum atomic E-state index is 5.85. The van der Waals surface area contributed by atoms with Gasteiger partial charge >= 0.3 is 0 Å². The van der Waals surface area contributed by atoms with Gasteiger partial charge in [0.25, 0.3) is 0 Å². The topological polar surface area (TPSA) is 15.3 Å². The van der Waals surface area contributed by atoms with Crippen molar-refractivity contribution in [1.29, 1.82) is 0 Å². The lowest BCUT2D eigenvalue weighted by Crippen LogP contribution is -2.53. The fraction of sp³-hybridized carbons (Fsp3) is 0.529. The molecule has 110 valence electrons. The molecule has 2 unspecified atom stereocenters. The molecule has 2 rings (SSSR count). The number of benzene rings is 1. The smallest absolute Gasteiger partial charge is 0.0450 e. The molecule has 20 heavy (non-hydrogen) atoms. The van der Waals surface area contributed by atoms with Gasteiger partial charge in [0, 0.05) is 37.3 Å². The summed E-state index contributed by atoms with van der Waals surface area (Å²) in [6.07, 6.45) is 2.46. The summed E-state index contributed by atoms with van der Waals surface area (Å²) in [5.41, 5.74) is 4.32. The Balaban J connectivity index is 2.07. The van der Waals surface area contributed by atoms with Crippen LogP contribution in [0.1, 0.15) is 38.3 Å². The SMILES string of the molecule is CCCC1CNC(c2ccccc2)CN1C/C(C)=C/Cl. The van der Waals surface area contributed by atoms with Gasteiger partial charge in [0.05, 0.1) is 0 Å². The molecular weight excluding hydrogens is 268 g/mol. The number of nitrogens with one attached hydrogen (secondary N) is 1. The molecule has 1 saturated heterocycles. The summed E-state index contributed by atoms with van der Waals surface area (Å²) in [4.78, 5) is 2.58. The van der Waals surface area contributed by atoms with Crippen LogP contribution in [0.15, 0.2) is 41.4 Å². The van der Waals surface area contributed by atoms with Crippen LogP contribution in [0.2, 0.25) is 0 Å². The molecule has 1 N–H and O–H groups in total. The normalized spacial score (nSPS) is 24.9. The summed E-state index contributed by atoms with van der Waals surface area (Å²) in [6, 6.07) is 11.8. The van der Waals surface area contributed by atoms with Crippen LogP contribution in [0.4, 0.5) is 0 Å². The van der Waals surface area contributed by atoms with Crippen molar-refractivity contribution in [1.82, 2.24) is 10.2 Å². The van der Waals surface area contributed by atoms with Crippen molar-refractivity contribution < 1.29 is 0 Å². The van der Waals surface area contributed by atoms with Crippen LogP contribution in [0.5, 0.6) is 0 Å². The average Bonchev–Trinajstić information content (AvgIpc) is 2.50. The summed E-state index contributed by atoms with van der Waals surface area (Å²) >= 11 is 5.85. The first-order chi connectivity index (χ1) is 9.74. The predicted octanol–water partition coefficient (Wildman–Crippen LogP) is 3.94. The summed E-state index contributed by atoms with van der Waals surface area (Å²) in [5, 5.41) is 3.70. The zero-order valence-electron chi connectivity index (χ0n) is 12.5. The van der Waals surface area contributed by atoms with E-state index in [1.165, 1.54) is 24.0 Å². The summed E-state index contributed by atoms with van der Waals surface area (Å²) in [7, 11) is 0. The minimum atomic E-state index is 0.424. The Bertz CT molecular complexity index is 430. The van der Waals surface area contributed by atoms with Crippen molar-refractivity contribution in [2.45, 2.75) is 38.8 Å². The van der Waals surface area contributed by atoms with Gasteiger partial charge in [-0.3, -0.25) is 4.90 Å². The van der Waals surface area contributed by atoms with Crippen molar-refractivity contribution in [2.24, 2.45) is 0 Å². The van der Waals surface area contributed by atoms with E-state index in [4.69, 9.17) is 11.6 Å². The number of nitrogens with zero attached hydrogens (tertiary/aromatic N) is 1. The van der Waals surface area contributed by atoms with Gasteiger partial charge in [0.1, 0.15) is 0 Å². The molecule has 2 nitrogen and oxygen atoms in total. The van der Waals surface area contributed by atoms with Gasteiger partial charge in [0.15, 0.2) is 0 Å². The van der Waals surface area contributed by atoms with E-state index in [9.17, 15) is 0 Å². The van der Waals surface area contributed by atoms with E-state index in [0.717, 1.165) is 19.6 Å². The van der Waals surface area contributed by atoms with Gasteiger partial charge in [0.2, 0.25) is 0 Å². The second kappa shape index (κ2) is 7.82. The predicted molar refractivity (Wildman–Crippen MR) is 87.1 cm³/mol. The lowest BCUT2D eigenvalue weighted by molar-refractivity contribution is 0.134. The van der Waals surface area contributed by atoms with Crippen molar-refractivity contribution >= 4 is 11.6 Å². The van der Waals surface area contributed by atoms with Crippen molar-refractivity contribution in [3.63, 3.8) is 0 Å². The standard InChI is InChI=1S/C17H25ClN2/c1-3-7-16-11-19-17(15-8-5-4-6-9-15)13-20(16)12-14(2)10-18/h4-6,8-10,16-17,19H,3,7,11-13H2,1-2H3/b14-10+. The van der Waals surface area contributed by atoms with E-state index in [1.54, 1.807) is 5.54 Å². The Morgan fingerprint density at radius 3 is 2.80 bits per heavy atom. The molecule has 1 aromatic rings. The van der Waals surface area contributed by atoms with Gasteiger partial charge in [-0.25, -0.2) is 0 Å². The monoisotopic (exact) mass is 292 g/mol. The molecule has 0 bridgehead atoms. The third-order valence-electron chi connectivity index (χ3n) is 4.00. The number of rotatable bonds is 5. The lowest BCUT2D eigenvalue weighted by atomic mass is 9.99. The second-order valence-corrected chi connectivity index (χ2v) is 5.92. The molecule has 0 aromatic heterocycles. The van der Waals surface area contributed by atoms with E-state index in [0.29, 0.717) is 12.1 Å². The molecule has 0 spiro atoms. The van der Waals surface area contributed by atoms with Crippen LogP contribution >= 0.6 is 11.6 Å². The van der Waals surface area contributed by atoms with E-state index in [-0.39, 0.29) is 0 Å². The zero-order valence-corrected chi connectivity index (χ0v) is 13.2. The van der Waals surface area contributed by atoms with E-state index >= 15 is 0 Å². The van der Waals surface area contributed by atoms with E-state index < -0.39 is 0 Å². The molecule has 0 amide bonds. The maximum Gasteiger partial charge on any atom is 0.0450 e. The van der Waals surface area contributed by atoms with Crippen LogP contribution in [0.3, 0.4) is 0 Å². The number of hydrogen-bond donors (Lipinski definition) is 1. The molecular formula is C17H25ClN2. The highest BCUT2D eigenvalue weighted by molar-refractivity contribution is 6.25. The third kappa shape index (κ3) is 4.08. The molecule has 0 saturated carbocycles. The van der Waals surface area contributed by atoms with E-state index in [1.807, 2.05) is 0 Å². The van der Waals surface area contributed by atoms with Crippen LogP contribution in [-0.2, 0) is 0 Å². The first kappa shape index (κ1) is 15.6. The van der Waals surface area contributed by atoms with E-state index in [2.05, 4.69) is 54.4 Å². The molecule has 0 aliphatic carbocycles. The fourth-order valence-corrected chi connectivity index (χ4v) is 3.00. The summed E-state index contributed by atoms with van der Waals surface area (Å²) in [5.74, 6) is 0. The quantitative estimate of drug-likeness (QED) is 0.884. The molecule has 3 heteroatoms.